The van der Waals surface area contributed by atoms with E-state index in [0.29, 0.717) is 13.0 Å². The highest BCUT2D eigenvalue weighted by atomic mass is 16.4. The summed E-state index contributed by atoms with van der Waals surface area (Å²) in [6.45, 7) is 0.382. The van der Waals surface area contributed by atoms with Gasteiger partial charge in [0.1, 0.15) is 0 Å². The van der Waals surface area contributed by atoms with Crippen LogP contribution in [0.25, 0.3) is 0 Å². The molecule has 20 heavy (non-hydrogen) atoms. The highest BCUT2D eigenvalue weighted by molar-refractivity contribution is 5.83. The summed E-state index contributed by atoms with van der Waals surface area (Å²) in [5.41, 5.74) is 0.752. The van der Waals surface area contributed by atoms with Crippen LogP contribution in [0.3, 0.4) is 0 Å². The Labute approximate surface area is 116 Å². The summed E-state index contributed by atoms with van der Waals surface area (Å²) in [4.78, 5) is 23.0. The predicted octanol–water partition coefficient (Wildman–Crippen LogP) is 0.0414. The third-order valence-electron chi connectivity index (χ3n) is 3.32. The molecule has 0 aromatic heterocycles. The lowest BCUT2D eigenvalue weighted by atomic mass is 10.0. The second-order valence-electron chi connectivity index (χ2n) is 4.92. The second kappa shape index (κ2) is 6.49. The lowest BCUT2D eigenvalue weighted by molar-refractivity contribution is -0.137. The number of benzene rings is 1. The van der Waals surface area contributed by atoms with E-state index >= 15 is 0 Å². The van der Waals surface area contributed by atoms with E-state index in [1.54, 1.807) is 24.3 Å². The Balaban J connectivity index is 2.04. The number of aliphatic hydroxyl groups is 1. The van der Waals surface area contributed by atoms with Crippen molar-refractivity contribution in [2.24, 2.45) is 0 Å². The fourth-order valence-corrected chi connectivity index (χ4v) is 2.30. The zero-order valence-electron chi connectivity index (χ0n) is 11.0. The van der Waals surface area contributed by atoms with Crippen molar-refractivity contribution >= 4 is 11.9 Å². The Morgan fingerprint density at radius 2 is 2.05 bits per heavy atom. The van der Waals surface area contributed by atoms with Crippen LogP contribution >= 0.6 is 0 Å². The van der Waals surface area contributed by atoms with Gasteiger partial charge in [0.25, 0.3) is 0 Å². The summed E-state index contributed by atoms with van der Waals surface area (Å²) >= 11 is 0. The third-order valence-corrected chi connectivity index (χ3v) is 3.32. The zero-order chi connectivity index (χ0) is 14.5. The van der Waals surface area contributed by atoms with E-state index in [0.717, 1.165) is 5.56 Å². The highest BCUT2D eigenvalue weighted by Gasteiger charge is 2.30. The van der Waals surface area contributed by atoms with Crippen molar-refractivity contribution < 1.29 is 19.8 Å². The van der Waals surface area contributed by atoms with Gasteiger partial charge >= 0.3 is 5.97 Å². The van der Waals surface area contributed by atoms with Crippen molar-refractivity contribution in [1.29, 1.82) is 0 Å². The number of nitrogens with one attached hydrogen (secondary N) is 2. The van der Waals surface area contributed by atoms with Gasteiger partial charge in [-0.1, -0.05) is 30.3 Å². The molecule has 6 nitrogen and oxygen atoms in total. The topological polar surface area (TPSA) is 98.7 Å². The molecule has 0 bridgehead atoms. The number of rotatable bonds is 5. The number of hydrogen-bond donors (Lipinski definition) is 4. The summed E-state index contributed by atoms with van der Waals surface area (Å²) in [7, 11) is 0. The first-order valence-electron chi connectivity index (χ1n) is 6.55. The number of amides is 1. The van der Waals surface area contributed by atoms with Crippen LogP contribution in [0.15, 0.2) is 30.3 Å². The Bertz CT molecular complexity index is 477. The molecular formula is C14H18N2O4. The van der Waals surface area contributed by atoms with E-state index in [9.17, 15) is 14.7 Å². The van der Waals surface area contributed by atoms with Crippen LogP contribution in [0.5, 0.6) is 0 Å². The Morgan fingerprint density at radius 3 is 2.60 bits per heavy atom. The standard InChI is InChI=1S/C14H18N2O4/c17-10-6-12(15-8-10)14(20)16-11(7-13(18)19)9-4-2-1-3-5-9/h1-5,10-12,15,17H,6-8H2,(H,16,20)(H,18,19). The van der Waals surface area contributed by atoms with Gasteiger partial charge in [0.15, 0.2) is 0 Å². The number of carbonyl (C=O) groups is 2. The number of carboxylic acids is 1. The van der Waals surface area contributed by atoms with Crippen LogP contribution < -0.4 is 10.6 Å². The van der Waals surface area contributed by atoms with E-state index < -0.39 is 24.2 Å². The summed E-state index contributed by atoms with van der Waals surface area (Å²) in [5, 5.41) is 24.0. The summed E-state index contributed by atoms with van der Waals surface area (Å²) in [6.07, 6.45) is -0.355. The fraction of sp³-hybridized carbons (Fsp3) is 0.429. The molecule has 108 valence electrons. The fourth-order valence-electron chi connectivity index (χ4n) is 2.30. The van der Waals surface area contributed by atoms with E-state index in [-0.39, 0.29) is 12.3 Å². The van der Waals surface area contributed by atoms with Crippen LogP contribution in [0.4, 0.5) is 0 Å². The van der Waals surface area contributed by atoms with Crippen molar-refractivity contribution in [2.75, 3.05) is 6.54 Å². The van der Waals surface area contributed by atoms with Gasteiger partial charge in [0.2, 0.25) is 5.91 Å². The summed E-state index contributed by atoms with van der Waals surface area (Å²) in [6, 6.07) is 7.96. The first-order chi connectivity index (χ1) is 9.56. The Kier molecular flexibility index (Phi) is 4.70. The molecule has 3 atom stereocenters. The van der Waals surface area contributed by atoms with E-state index in [4.69, 9.17) is 5.11 Å². The molecule has 0 spiro atoms. The second-order valence-corrected chi connectivity index (χ2v) is 4.92. The van der Waals surface area contributed by atoms with Crippen LogP contribution in [-0.4, -0.2) is 40.8 Å². The minimum Gasteiger partial charge on any atom is -0.481 e. The molecule has 1 amide bonds. The Morgan fingerprint density at radius 1 is 1.35 bits per heavy atom. The normalized spacial score (nSPS) is 23.2. The number of carboxylic acid groups (broad SMARTS) is 1. The maximum atomic E-state index is 12.1. The smallest absolute Gasteiger partial charge is 0.305 e. The maximum absolute atomic E-state index is 12.1. The molecule has 1 aliphatic rings. The molecule has 1 aromatic carbocycles. The molecular weight excluding hydrogens is 260 g/mol. The third kappa shape index (κ3) is 3.79. The average Bonchev–Trinajstić information content (AvgIpc) is 2.85. The number of β-amino-alcohol motifs (C(OH)–C–C–N with tert-alkyl or cyclic N) is 1. The molecule has 3 unspecified atom stereocenters. The van der Waals surface area contributed by atoms with Gasteiger partial charge in [0, 0.05) is 6.54 Å². The molecule has 6 heteroatoms. The SMILES string of the molecule is O=C(O)CC(NC(=O)C1CC(O)CN1)c1ccccc1. The molecule has 0 aliphatic carbocycles. The lowest BCUT2D eigenvalue weighted by Gasteiger charge is -2.20. The molecule has 2 rings (SSSR count). The molecule has 1 aliphatic heterocycles. The van der Waals surface area contributed by atoms with Crippen LogP contribution in [0, 0.1) is 0 Å². The minimum absolute atomic E-state index is 0.176. The van der Waals surface area contributed by atoms with Crippen LogP contribution in [0.2, 0.25) is 0 Å². The van der Waals surface area contributed by atoms with Gasteiger partial charge in [0.05, 0.1) is 24.6 Å². The van der Waals surface area contributed by atoms with E-state index in [2.05, 4.69) is 10.6 Å². The maximum Gasteiger partial charge on any atom is 0.305 e. The number of aliphatic hydroxyl groups excluding tert-OH is 1. The zero-order valence-corrected chi connectivity index (χ0v) is 11.0. The van der Waals surface area contributed by atoms with Crippen LogP contribution in [-0.2, 0) is 9.59 Å². The van der Waals surface area contributed by atoms with Crippen molar-refractivity contribution in [2.45, 2.75) is 31.0 Å². The predicted molar refractivity (Wildman–Crippen MR) is 72.0 cm³/mol. The van der Waals surface area contributed by atoms with E-state index in [1.807, 2.05) is 6.07 Å². The van der Waals surface area contributed by atoms with Crippen molar-refractivity contribution in [3.05, 3.63) is 35.9 Å². The van der Waals surface area contributed by atoms with Crippen molar-refractivity contribution in [3.8, 4) is 0 Å². The van der Waals surface area contributed by atoms with Crippen LogP contribution in [0.1, 0.15) is 24.4 Å². The van der Waals surface area contributed by atoms with Gasteiger partial charge in [-0.25, -0.2) is 0 Å². The van der Waals surface area contributed by atoms with Crippen molar-refractivity contribution in [1.82, 2.24) is 10.6 Å². The van der Waals surface area contributed by atoms with Gasteiger partial charge < -0.3 is 20.8 Å². The summed E-state index contributed by atoms with van der Waals surface area (Å²) < 4.78 is 0. The van der Waals surface area contributed by atoms with Gasteiger partial charge in [-0.05, 0) is 12.0 Å². The average molecular weight is 278 g/mol. The van der Waals surface area contributed by atoms with Gasteiger partial charge in [-0.15, -0.1) is 0 Å². The molecule has 0 saturated carbocycles. The first-order valence-corrected chi connectivity index (χ1v) is 6.55. The Hall–Kier alpha value is -1.92. The largest absolute Gasteiger partial charge is 0.481 e. The molecule has 1 fully saturated rings. The lowest BCUT2D eigenvalue weighted by Crippen LogP contribution is -2.42. The molecule has 4 N–H and O–H groups in total. The minimum atomic E-state index is -0.974. The quantitative estimate of drug-likeness (QED) is 0.609. The molecule has 1 aromatic rings. The molecule has 1 saturated heterocycles. The summed E-state index contributed by atoms with van der Waals surface area (Å²) in [5.74, 6) is -1.25. The highest BCUT2D eigenvalue weighted by Crippen LogP contribution is 2.17. The molecule has 1 heterocycles. The number of aliphatic carboxylic acids is 1. The number of carbonyl (C=O) groups excluding carboxylic acids is 1. The first kappa shape index (κ1) is 14.5. The number of hydrogen-bond acceptors (Lipinski definition) is 4. The van der Waals surface area contributed by atoms with E-state index in [1.165, 1.54) is 0 Å². The van der Waals surface area contributed by atoms with Gasteiger partial charge in [-0.2, -0.15) is 0 Å². The molecule has 0 radical (unpaired) electrons. The monoisotopic (exact) mass is 278 g/mol. The van der Waals surface area contributed by atoms with Gasteiger partial charge in [-0.3, -0.25) is 9.59 Å². The van der Waals surface area contributed by atoms with Crippen molar-refractivity contribution in [3.63, 3.8) is 0 Å².